The summed E-state index contributed by atoms with van der Waals surface area (Å²) in [7, 11) is 1.60. The van der Waals surface area contributed by atoms with Crippen LogP contribution in [0.4, 0.5) is 5.69 Å². The minimum absolute atomic E-state index is 0.0112. The van der Waals surface area contributed by atoms with Crippen LogP contribution in [-0.4, -0.2) is 40.3 Å². The molecule has 0 radical (unpaired) electrons. The van der Waals surface area contributed by atoms with Gasteiger partial charge in [0, 0.05) is 13.0 Å². The van der Waals surface area contributed by atoms with Crippen molar-refractivity contribution >= 4 is 11.7 Å². The maximum absolute atomic E-state index is 11.3. The summed E-state index contributed by atoms with van der Waals surface area (Å²) < 4.78 is 5.09. The molecule has 2 N–H and O–H groups in total. The Hall–Kier alpha value is -1.69. The summed E-state index contributed by atoms with van der Waals surface area (Å²) >= 11 is 0. The molecule has 1 heterocycles. The Balaban J connectivity index is 3.10. The SMILES string of the molecule is COCC(C)(C)Nc1cnc(C(C)C)nc1C(=O)O. The molecular formula is C13H21N3O3. The Morgan fingerprint density at radius 1 is 1.53 bits per heavy atom. The van der Waals surface area contributed by atoms with Gasteiger partial charge in [-0.2, -0.15) is 0 Å². The average Bonchev–Trinajstić information content (AvgIpc) is 2.27. The Morgan fingerprint density at radius 3 is 2.63 bits per heavy atom. The summed E-state index contributed by atoms with van der Waals surface area (Å²) in [5, 5.41) is 12.3. The molecule has 1 aromatic rings. The van der Waals surface area contributed by atoms with E-state index in [2.05, 4.69) is 15.3 Å². The van der Waals surface area contributed by atoms with Gasteiger partial charge in [-0.15, -0.1) is 0 Å². The van der Waals surface area contributed by atoms with Crippen LogP contribution in [0.3, 0.4) is 0 Å². The van der Waals surface area contributed by atoms with Crippen LogP contribution in [0.2, 0.25) is 0 Å². The molecule has 0 aliphatic carbocycles. The van der Waals surface area contributed by atoms with Gasteiger partial charge < -0.3 is 15.2 Å². The molecular weight excluding hydrogens is 246 g/mol. The number of methoxy groups -OCH3 is 1. The molecule has 0 saturated carbocycles. The van der Waals surface area contributed by atoms with Crippen molar-refractivity contribution in [1.82, 2.24) is 9.97 Å². The van der Waals surface area contributed by atoms with Gasteiger partial charge in [-0.3, -0.25) is 0 Å². The van der Waals surface area contributed by atoms with Crippen molar-refractivity contribution in [2.75, 3.05) is 19.0 Å². The smallest absolute Gasteiger partial charge is 0.356 e. The number of nitrogens with zero attached hydrogens (tertiary/aromatic N) is 2. The minimum atomic E-state index is -1.07. The lowest BCUT2D eigenvalue weighted by atomic mass is 10.1. The van der Waals surface area contributed by atoms with Crippen LogP contribution in [0.25, 0.3) is 0 Å². The molecule has 0 atom stereocenters. The monoisotopic (exact) mass is 267 g/mol. The third-order valence-electron chi connectivity index (χ3n) is 2.50. The first-order valence-corrected chi connectivity index (χ1v) is 6.14. The van der Waals surface area contributed by atoms with E-state index < -0.39 is 11.5 Å². The molecule has 6 nitrogen and oxygen atoms in total. The molecule has 1 aromatic heterocycles. The van der Waals surface area contributed by atoms with Gasteiger partial charge in [0.1, 0.15) is 5.82 Å². The fourth-order valence-electron chi connectivity index (χ4n) is 1.69. The molecule has 0 amide bonds. The number of aromatic nitrogens is 2. The van der Waals surface area contributed by atoms with E-state index in [1.165, 1.54) is 6.20 Å². The molecule has 6 heteroatoms. The highest BCUT2D eigenvalue weighted by Crippen LogP contribution is 2.20. The van der Waals surface area contributed by atoms with E-state index in [4.69, 9.17) is 4.74 Å². The van der Waals surface area contributed by atoms with Crippen LogP contribution >= 0.6 is 0 Å². The third kappa shape index (κ3) is 4.17. The molecule has 0 fully saturated rings. The second kappa shape index (κ2) is 5.97. The molecule has 0 unspecified atom stereocenters. The summed E-state index contributed by atoms with van der Waals surface area (Å²) in [5.41, 5.74) is -0.0106. The van der Waals surface area contributed by atoms with E-state index >= 15 is 0 Å². The first-order chi connectivity index (χ1) is 8.76. The molecule has 0 aliphatic rings. The summed E-state index contributed by atoms with van der Waals surface area (Å²) in [4.78, 5) is 19.6. The number of ether oxygens (including phenoxy) is 1. The molecule has 1 rings (SSSR count). The van der Waals surface area contributed by atoms with Gasteiger partial charge in [0.15, 0.2) is 5.69 Å². The van der Waals surface area contributed by atoms with Gasteiger partial charge in [0.25, 0.3) is 0 Å². The Kier molecular flexibility index (Phi) is 4.83. The predicted octanol–water partition coefficient (Wildman–Crippen LogP) is 2.14. The predicted molar refractivity (Wildman–Crippen MR) is 72.7 cm³/mol. The number of anilines is 1. The van der Waals surface area contributed by atoms with E-state index in [0.717, 1.165) is 0 Å². The van der Waals surface area contributed by atoms with Gasteiger partial charge in [-0.25, -0.2) is 14.8 Å². The van der Waals surface area contributed by atoms with Crippen LogP contribution in [0, 0.1) is 0 Å². The van der Waals surface area contributed by atoms with E-state index in [1.54, 1.807) is 7.11 Å². The van der Waals surface area contributed by atoms with Crippen molar-refractivity contribution in [1.29, 1.82) is 0 Å². The Morgan fingerprint density at radius 2 is 2.16 bits per heavy atom. The van der Waals surface area contributed by atoms with Crippen molar-refractivity contribution in [2.45, 2.75) is 39.2 Å². The second-order valence-corrected chi connectivity index (χ2v) is 5.39. The first-order valence-electron chi connectivity index (χ1n) is 6.14. The molecule has 0 saturated heterocycles. The number of aromatic carboxylic acids is 1. The van der Waals surface area contributed by atoms with E-state index in [9.17, 15) is 9.90 Å². The van der Waals surface area contributed by atoms with Crippen molar-refractivity contribution in [2.24, 2.45) is 0 Å². The van der Waals surface area contributed by atoms with Crippen molar-refractivity contribution < 1.29 is 14.6 Å². The zero-order chi connectivity index (χ0) is 14.6. The molecule has 0 aromatic carbocycles. The van der Waals surface area contributed by atoms with Gasteiger partial charge in [-0.05, 0) is 13.8 Å². The highest BCUT2D eigenvalue weighted by atomic mass is 16.5. The lowest BCUT2D eigenvalue weighted by Gasteiger charge is -2.27. The first kappa shape index (κ1) is 15.4. The second-order valence-electron chi connectivity index (χ2n) is 5.39. The van der Waals surface area contributed by atoms with Gasteiger partial charge in [0.2, 0.25) is 0 Å². The third-order valence-corrected chi connectivity index (χ3v) is 2.50. The average molecular weight is 267 g/mol. The van der Waals surface area contributed by atoms with Crippen LogP contribution in [0.15, 0.2) is 6.20 Å². The molecule has 106 valence electrons. The fraction of sp³-hybridized carbons (Fsp3) is 0.615. The zero-order valence-electron chi connectivity index (χ0n) is 12.0. The topological polar surface area (TPSA) is 84.3 Å². The zero-order valence-corrected chi connectivity index (χ0v) is 12.0. The number of carbonyl (C=O) groups is 1. The number of carboxylic acids is 1. The van der Waals surface area contributed by atoms with Crippen LogP contribution in [-0.2, 0) is 4.74 Å². The quantitative estimate of drug-likeness (QED) is 0.821. The Labute approximate surface area is 113 Å². The largest absolute Gasteiger partial charge is 0.476 e. The minimum Gasteiger partial charge on any atom is -0.476 e. The van der Waals surface area contributed by atoms with Crippen LogP contribution in [0.1, 0.15) is 49.9 Å². The maximum Gasteiger partial charge on any atom is 0.356 e. The number of nitrogens with one attached hydrogen (secondary N) is 1. The molecule has 0 bridgehead atoms. The highest BCUT2D eigenvalue weighted by molar-refractivity contribution is 5.91. The normalized spacial score (nSPS) is 11.7. The summed E-state index contributed by atoms with van der Waals surface area (Å²) in [6.07, 6.45) is 1.52. The standard InChI is InChI=1S/C13H21N3O3/c1-8(2)11-14-6-9(10(15-11)12(17)18)16-13(3,4)7-19-5/h6,8,16H,7H2,1-5H3,(H,17,18). The molecule has 0 spiro atoms. The fourth-order valence-corrected chi connectivity index (χ4v) is 1.69. The van der Waals surface area contributed by atoms with Gasteiger partial charge in [-0.1, -0.05) is 13.8 Å². The number of hydrogen-bond donors (Lipinski definition) is 2. The van der Waals surface area contributed by atoms with Crippen molar-refractivity contribution in [3.05, 3.63) is 17.7 Å². The molecule has 19 heavy (non-hydrogen) atoms. The van der Waals surface area contributed by atoms with Gasteiger partial charge >= 0.3 is 5.97 Å². The highest BCUT2D eigenvalue weighted by Gasteiger charge is 2.22. The maximum atomic E-state index is 11.3. The summed E-state index contributed by atoms with van der Waals surface area (Å²) in [5.74, 6) is -0.466. The lowest BCUT2D eigenvalue weighted by Crippen LogP contribution is -2.36. The summed E-state index contributed by atoms with van der Waals surface area (Å²) in [6.45, 7) is 8.11. The number of rotatable bonds is 6. The van der Waals surface area contributed by atoms with Crippen molar-refractivity contribution in [3.8, 4) is 0 Å². The number of carboxylic acid groups (broad SMARTS) is 1. The molecule has 0 aliphatic heterocycles. The van der Waals surface area contributed by atoms with E-state index in [0.29, 0.717) is 18.1 Å². The summed E-state index contributed by atoms with van der Waals surface area (Å²) in [6, 6.07) is 0. The van der Waals surface area contributed by atoms with Crippen LogP contribution in [0.5, 0.6) is 0 Å². The van der Waals surface area contributed by atoms with Crippen LogP contribution < -0.4 is 5.32 Å². The van der Waals surface area contributed by atoms with E-state index in [-0.39, 0.29) is 11.6 Å². The van der Waals surface area contributed by atoms with Crippen molar-refractivity contribution in [3.63, 3.8) is 0 Å². The lowest BCUT2D eigenvalue weighted by molar-refractivity contribution is 0.0690. The Bertz CT molecular complexity index is 458. The number of hydrogen-bond acceptors (Lipinski definition) is 5. The van der Waals surface area contributed by atoms with Gasteiger partial charge in [0.05, 0.1) is 24.0 Å². The van der Waals surface area contributed by atoms with E-state index in [1.807, 2.05) is 27.7 Å².